The Morgan fingerprint density at radius 3 is 2.68 bits per heavy atom. The third-order valence-electron chi connectivity index (χ3n) is 2.88. The lowest BCUT2D eigenvalue weighted by Crippen LogP contribution is -2.08. The Hall–Kier alpha value is -1.73. The van der Waals surface area contributed by atoms with E-state index in [9.17, 15) is 18.0 Å². The summed E-state index contributed by atoms with van der Waals surface area (Å²) in [6.45, 7) is 1.77. The first-order chi connectivity index (χ1) is 10.3. The van der Waals surface area contributed by atoms with Crippen LogP contribution in [0.4, 0.5) is 18.2 Å². The number of thiophene rings is 1. The second-order valence-electron chi connectivity index (χ2n) is 4.30. The van der Waals surface area contributed by atoms with E-state index in [2.05, 4.69) is 0 Å². The van der Waals surface area contributed by atoms with Gasteiger partial charge in [0.15, 0.2) is 0 Å². The number of hydrogen-bond donors (Lipinski definition) is 1. The third-order valence-corrected chi connectivity index (χ3v) is 4.02. The summed E-state index contributed by atoms with van der Waals surface area (Å²) in [7, 11) is 0. The Morgan fingerprint density at radius 2 is 2.09 bits per heavy atom. The zero-order valence-electron chi connectivity index (χ0n) is 11.3. The van der Waals surface area contributed by atoms with E-state index in [0.717, 1.165) is 23.5 Å². The van der Waals surface area contributed by atoms with Crippen LogP contribution in [0.25, 0.3) is 11.1 Å². The van der Waals surface area contributed by atoms with Crippen molar-refractivity contribution in [2.75, 3.05) is 12.3 Å². The molecular weight excluding hydrogens is 339 g/mol. The molecule has 22 heavy (non-hydrogen) atoms. The van der Waals surface area contributed by atoms with Gasteiger partial charge < -0.3 is 10.5 Å². The highest BCUT2D eigenvalue weighted by atomic mass is 35.5. The zero-order valence-corrected chi connectivity index (χ0v) is 12.9. The summed E-state index contributed by atoms with van der Waals surface area (Å²) in [5, 5.41) is 1.31. The lowest BCUT2D eigenvalue weighted by Gasteiger charge is -2.11. The molecule has 2 rings (SSSR count). The summed E-state index contributed by atoms with van der Waals surface area (Å²) >= 11 is 6.65. The van der Waals surface area contributed by atoms with Crippen LogP contribution in [-0.4, -0.2) is 12.6 Å². The number of ether oxygens (including phenoxy) is 1. The van der Waals surface area contributed by atoms with E-state index in [1.54, 1.807) is 6.92 Å². The van der Waals surface area contributed by atoms with Crippen LogP contribution in [-0.2, 0) is 10.9 Å². The van der Waals surface area contributed by atoms with Crippen LogP contribution in [0.3, 0.4) is 0 Å². The number of rotatable bonds is 3. The van der Waals surface area contributed by atoms with Gasteiger partial charge in [0.05, 0.1) is 17.2 Å². The van der Waals surface area contributed by atoms with Crippen LogP contribution < -0.4 is 5.73 Å². The maximum Gasteiger partial charge on any atom is 0.417 e. The Balaban J connectivity index is 2.56. The average Bonchev–Trinajstić information content (AvgIpc) is 2.80. The first kappa shape index (κ1) is 16.6. The molecule has 0 unspecified atom stereocenters. The fraction of sp³-hybridized carbons (Fsp3) is 0.214. The number of nitrogen functional groups attached to an aromatic ring is 1. The fourth-order valence-corrected chi connectivity index (χ4v) is 2.94. The first-order valence-electron chi connectivity index (χ1n) is 6.17. The molecule has 118 valence electrons. The van der Waals surface area contributed by atoms with Gasteiger partial charge in [0.1, 0.15) is 10.6 Å². The Bertz CT molecular complexity index is 713. The maximum absolute atomic E-state index is 12.9. The number of esters is 1. The van der Waals surface area contributed by atoms with Crippen molar-refractivity contribution in [3.8, 4) is 11.1 Å². The van der Waals surface area contributed by atoms with Crippen LogP contribution in [0.1, 0.15) is 22.8 Å². The van der Waals surface area contributed by atoms with E-state index in [0.29, 0.717) is 5.56 Å². The molecule has 1 aromatic carbocycles. The third kappa shape index (κ3) is 3.20. The smallest absolute Gasteiger partial charge is 0.417 e. The molecule has 0 radical (unpaired) electrons. The highest BCUT2D eigenvalue weighted by Gasteiger charge is 2.34. The van der Waals surface area contributed by atoms with Crippen molar-refractivity contribution in [2.24, 2.45) is 0 Å². The Morgan fingerprint density at radius 1 is 1.41 bits per heavy atom. The minimum absolute atomic E-state index is 0.0716. The molecule has 1 aromatic heterocycles. The second-order valence-corrected chi connectivity index (χ2v) is 5.62. The maximum atomic E-state index is 12.9. The topological polar surface area (TPSA) is 52.3 Å². The van der Waals surface area contributed by atoms with Crippen LogP contribution >= 0.6 is 22.9 Å². The lowest BCUT2D eigenvalue weighted by atomic mass is 10.0. The number of nitrogens with two attached hydrogens (primary N) is 1. The van der Waals surface area contributed by atoms with E-state index >= 15 is 0 Å². The van der Waals surface area contributed by atoms with E-state index in [-0.39, 0.29) is 22.7 Å². The van der Waals surface area contributed by atoms with Crippen molar-refractivity contribution in [1.29, 1.82) is 0 Å². The SMILES string of the molecule is CCOC(=O)c1c(-c2ccc(Cl)c(C(F)(F)F)c2)csc1N. The highest BCUT2D eigenvalue weighted by Crippen LogP contribution is 2.40. The van der Waals surface area contributed by atoms with E-state index < -0.39 is 22.7 Å². The molecule has 8 heteroatoms. The number of halogens is 4. The number of hydrogen-bond acceptors (Lipinski definition) is 4. The predicted molar refractivity (Wildman–Crippen MR) is 80.1 cm³/mol. The van der Waals surface area contributed by atoms with Gasteiger partial charge in [0, 0.05) is 10.9 Å². The van der Waals surface area contributed by atoms with Crippen molar-refractivity contribution < 1.29 is 22.7 Å². The first-order valence-corrected chi connectivity index (χ1v) is 7.42. The van der Waals surface area contributed by atoms with E-state index in [1.165, 1.54) is 11.4 Å². The van der Waals surface area contributed by atoms with Gasteiger partial charge in [-0.2, -0.15) is 13.2 Å². The van der Waals surface area contributed by atoms with Gasteiger partial charge in [-0.3, -0.25) is 0 Å². The van der Waals surface area contributed by atoms with Gasteiger partial charge >= 0.3 is 12.1 Å². The number of alkyl halides is 3. The molecule has 1 heterocycles. The summed E-state index contributed by atoms with van der Waals surface area (Å²) < 4.78 is 43.7. The van der Waals surface area contributed by atoms with Gasteiger partial charge in [-0.15, -0.1) is 11.3 Å². The normalized spacial score (nSPS) is 11.5. The molecule has 0 saturated carbocycles. The molecule has 0 aliphatic carbocycles. The molecule has 0 fully saturated rings. The quantitative estimate of drug-likeness (QED) is 0.806. The van der Waals surface area contributed by atoms with Gasteiger partial charge in [-0.1, -0.05) is 17.7 Å². The summed E-state index contributed by atoms with van der Waals surface area (Å²) in [6.07, 6.45) is -4.58. The van der Waals surface area contributed by atoms with Crippen molar-refractivity contribution >= 4 is 33.9 Å². The highest BCUT2D eigenvalue weighted by molar-refractivity contribution is 7.14. The fourth-order valence-electron chi connectivity index (χ4n) is 1.91. The minimum Gasteiger partial charge on any atom is -0.462 e. The molecule has 0 spiro atoms. The number of carbonyl (C=O) groups is 1. The van der Waals surface area contributed by atoms with Gasteiger partial charge in [-0.25, -0.2) is 4.79 Å². The lowest BCUT2D eigenvalue weighted by molar-refractivity contribution is -0.137. The van der Waals surface area contributed by atoms with Gasteiger partial charge in [-0.05, 0) is 24.6 Å². The van der Waals surface area contributed by atoms with E-state index in [1.807, 2.05) is 0 Å². The van der Waals surface area contributed by atoms with Gasteiger partial charge in [0.25, 0.3) is 0 Å². The summed E-state index contributed by atoms with van der Waals surface area (Å²) in [5.41, 5.74) is 5.33. The predicted octanol–water partition coefficient (Wildman–Crippen LogP) is 4.85. The largest absolute Gasteiger partial charge is 0.462 e. The van der Waals surface area contributed by atoms with Crippen molar-refractivity contribution in [3.05, 3.63) is 39.7 Å². The number of benzene rings is 1. The average molecular weight is 350 g/mol. The van der Waals surface area contributed by atoms with Crippen molar-refractivity contribution in [3.63, 3.8) is 0 Å². The zero-order chi connectivity index (χ0) is 16.5. The monoisotopic (exact) mass is 349 g/mol. The summed E-state index contributed by atoms with van der Waals surface area (Å²) in [4.78, 5) is 11.9. The van der Waals surface area contributed by atoms with Crippen LogP contribution in [0.2, 0.25) is 5.02 Å². The molecule has 0 amide bonds. The molecular formula is C14H11ClF3NO2S. The van der Waals surface area contributed by atoms with Crippen LogP contribution in [0.15, 0.2) is 23.6 Å². The molecule has 0 atom stereocenters. The van der Waals surface area contributed by atoms with Crippen LogP contribution in [0, 0.1) is 0 Å². The second kappa shape index (κ2) is 6.18. The minimum atomic E-state index is -4.58. The Kier molecular flexibility index (Phi) is 4.67. The number of anilines is 1. The molecule has 2 N–H and O–H groups in total. The van der Waals surface area contributed by atoms with Crippen molar-refractivity contribution in [1.82, 2.24) is 0 Å². The van der Waals surface area contributed by atoms with Crippen LogP contribution in [0.5, 0.6) is 0 Å². The molecule has 0 aliphatic rings. The Labute approximate surface area is 133 Å². The summed E-state index contributed by atoms with van der Waals surface area (Å²) in [5.74, 6) is -0.667. The molecule has 0 bridgehead atoms. The van der Waals surface area contributed by atoms with Crippen molar-refractivity contribution in [2.45, 2.75) is 13.1 Å². The van der Waals surface area contributed by atoms with Gasteiger partial charge in [0.2, 0.25) is 0 Å². The standard InChI is InChI=1S/C14H11ClF3NO2S/c1-2-21-13(20)11-8(6-22-12(11)19)7-3-4-10(15)9(5-7)14(16,17)18/h3-6H,2,19H2,1H3. The molecule has 0 saturated heterocycles. The van der Waals surface area contributed by atoms with E-state index in [4.69, 9.17) is 22.1 Å². The molecule has 2 aromatic rings. The molecule has 0 aliphatic heterocycles. The molecule has 3 nitrogen and oxygen atoms in total. The summed E-state index contributed by atoms with van der Waals surface area (Å²) in [6, 6.07) is 3.44. The number of carbonyl (C=O) groups excluding carboxylic acids is 1.